The van der Waals surface area contributed by atoms with E-state index in [0.29, 0.717) is 45.1 Å². The first-order chi connectivity index (χ1) is 21.5. The Morgan fingerprint density at radius 3 is 1.59 bits per heavy atom. The Balaban J connectivity index is 5.84. The Morgan fingerprint density at radius 1 is 0.652 bits per heavy atom. The quantitative estimate of drug-likeness (QED) is 0.0725. The van der Waals surface area contributed by atoms with Crippen molar-refractivity contribution in [2.75, 3.05) is 13.1 Å². The van der Waals surface area contributed by atoms with Crippen LogP contribution in [0, 0.1) is 23.7 Å². The standard InChI is InChI=1S/C32H61N7O7/c1-9-19(6)25(39-31(44)26(20(7)10-2)38-28(41)22(34)16-18(4)5)30(43)36-23(14-12-13-15-33)29(42)35-17-24(40)37-27(32(45)46)21(8)11-3/h18-23,25-27H,9-17,33-34H2,1-8H3,(H,35,42)(H,36,43)(H,37,40)(H,38,41)(H,39,44)(H,45,46)/t19-,20-,21-,22-,23-,25-,26-,27-/m0/s1. The van der Waals surface area contributed by atoms with E-state index in [1.807, 2.05) is 41.5 Å². The molecule has 0 fully saturated rings. The Bertz CT molecular complexity index is 994. The number of hydrogen-bond acceptors (Lipinski definition) is 8. The summed E-state index contributed by atoms with van der Waals surface area (Å²) in [5, 5.41) is 22.7. The van der Waals surface area contributed by atoms with Crippen LogP contribution in [0.2, 0.25) is 0 Å². The first kappa shape index (κ1) is 42.7. The van der Waals surface area contributed by atoms with E-state index in [1.165, 1.54) is 0 Å². The van der Waals surface area contributed by atoms with Crippen molar-refractivity contribution in [1.82, 2.24) is 26.6 Å². The molecule has 0 aliphatic carbocycles. The van der Waals surface area contributed by atoms with E-state index in [2.05, 4.69) is 26.6 Å². The minimum absolute atomic E-state index is 0.186. The van der Waals surface area contributed by atoms with Crippen molar-refractivity contribution in [3.63, 3.8) is 0 Å². The fraction of sp³-hybridized carbons (Fsp3) is 0.812. The number of carbonyl (C=O) groups is 6. The van der Waals surface area contributed by atoms with Gasteiger partial charge < -0.3 is 43.2 Å². The van der Waals surface area contributed by atoms with Gasteiger partial charge in [-0.05, 0) is 55.9 Å². The SMILES string of the molecule is CC[C@H](C)[C@H](NC(=O)CNC(=O)[C@H](CCCCN)NC(=O)[C@@H](NC(=O)[C@@H](NC(=O)[C@@H](N)CC(C)C)[C@@H](C)CC)[C@@H](C)CC)C(=O)O. The van der Waals surface area contributed by atoms with Gasteiger partial charge in [0, 0.05) is 0 Å². The molecular weight excluding hydrogens is 594 g/mol. The van der Waals surface area contributed by atoms with Gasteiger partial charge in [-0.15, -0.1) is 0 Å². The maximum Gasteiger partial charge on any atom is 0.326 e. The van der Waals surface area contributed by atoms with Crippen LogP contribution in [0.15, 0.2) is 0 Å². The molecule has 0 saturated carbocycles. The van der Waals surface area contributed by atoms with Crippen LogP contribution >= 0.6 is 0 Å². The molecule has 0 aliphatic heterocycles. The summed E-state index contributed by atoms with van der Waals surface area (Å²) >= 11 is 0. The molecule has 266 valence electrons. The van der Waals surface area contributed by atoms with Crippen molar-refractivity contribution < 1.29 is 33.9 Å². The highest BCUT2D eigenvalue weighted by Gasteiger charge is 2.34. The molecular formula is C32H61N7O7. The molecule has 0 heterocycles. The molecule has 8 atom stereocenters. The van der Waals surface area contributed by atoms with Crippen LogP contribution in [0.5, 0.6) is 0 Å². The zero-order chi connectivity index (χ0) is 35.6. The lowest BCUT2D eigenvalue weighted by Gasteiger charge is -2.30. The number of amides is 5. The number of unbranched alkanes of at least 4 members (excludes halogenated alkanes) is 1. The summed E-state index contributed by atoms with van der Waals surface area (Å²) in [6.07, 6.45) is 3.42. The summed E-state index contributed by atoms with van der Waals surface area (Å²) in [5.74, 6) is -4.76. The summed E-state index contributed by atoms with van der Waals surface area (Å²) in [6, 6.07) is -4.89. The predicted molar refractivity (Wildman–Crippen MR) is 177 cm³/mol. The lowest BCUT2D eigenvalue weighted by Crippen LogP contribution is -2.60. The molecule has 14 heteroatoms. The van der Waals surface area contributed by atoms with Crippen molar-refractivity contribution in [2.24, 2.45) is 35.1 Å². The zero-order valence-electron chi connectivity index (χ0n) is 29.1. The van der Waals surface area contributed by atoms with E-state index >= 15 is 0 Å². The van der Waals surface area contributed by atoms with E-state index in [0.717, 1.165) is 0 Å². The molecule has 0 radical (unpaired) electrons. The van der Waals surface area contributed by atoms with Crippen molar-refractivity contribution in [3.8, 4) is 0 Å². The van der Waals surface area contributed by atoms with Gasteiger partial charge in [-0.25, -0.2) is 4.79 Å². The first-order valence-corrected chi connectivity index (χ1v) is 16.7. The topological polar surface area (TPSA) is 235 Å². The lowest BCUT2D eigenvalue weighted by molar-refractivity contribution is -0.143. The molecule has 0 aromatic rings. The maximum atomic E-state index is 13.6. The highest BCUT2D eigenvalue weighted by Crippen LogP contribution is 2.14. The van der Waals surface area contributed by atoms with Gasteiger partial charge in [0.2, 0.25) is 29.5 Å². The summed E-state index contributed by atoms with van der Waals surface area (Å²) < 4.78 is 0. The van der Waals surface area contributed by atoms with Crippen LogP contribution in [-0.2, 0) is 28.8 Å². The maximum absolute atomic E-state index is 13.6. The fourth-order valence-electron chi connectivity index (χ4n) is 4.74. The van der Waals surface area contributed by atoms with Gasteiger partial charge in [0.15, 0.2) is 0 Å². The highest BCUT2D eigenvalue weighted by molar-refractivity contribution is 5.96. The molecule has 0 aromatic heterocycles. The van der Waals surface area contributed by atoms with E-state index in [4.69, 9.17) is 11.5 Å². The second kappa shape index (κ2) is 22.3. The molecule has 14 nitrogen and oxygen atoms in total. The van der Waals surface area contributed by atoms with Crippen LogP contribution in [-0.4, -0.2) is 83.9 Å². The van der Waals surface area contributed by atoms with Gasteiger partial charge in [0.05, 0.1) is 12.6 Å². The number of nitrogens with one attached hydrogen (secondary N) is 5. The normalized spacial score (nSPS) is 16.5. The molecule has 46 heavy (non-hydrogen) atoms. The fourth-order valence-corrected chi connectivity index (χ4v) is 4.74. The Morgan fingerprint density at radius 2 is 1.13 bits per heavy atom. The number of nitrogens with two attached hydrogens (primary N) is 2. The van der Waals surface area contributed by atoms with Crippen molar-refractivity contribution in [2.45, 2.75) is 131 Å². The zero-order valence-corrected chi connectivity index (χ0v) is 29.1. The van der Waals surface area contributed by atoms with Gasteiger partial charge in [-0.3, -0.25) is 24.0 Å². The minimum atomic E-state index is -1.17. The molecule has 0 aliphatic rings. The Labute approximate surface area is 274 Å². The van der Waals surface area contributed by atoms with Gasteiger partial charge in [-0.1, -0.05) is 74.7 Å². The number of carboxylic acid groups (broad SMARTS) is 1. The van der Waals surface area contributed by atoms with Gasteiger partial charge in [-0.2, -0.15) is 0 Å². The molecule has 0 unspecified atom stereocenters. The van der Waals surface area contributed by atoms with Gasteiger partial charge in [0.1, 0.15) is 24.2 Å². The third-order valence-electron chi connectivity index (χ3n) is 8.45. The molecule has 0 saturated heterocycles. The molecule has 0 rings (SSSR count). The van der Waals surface area contributed by atoms with E-state index in [-0.39, 0.29) is 30.1 Å². The Hall–Kier alpha value is -3.26. The van der Waals surface area contributed by atoms with Crippen LogP contribution in [0.3, 0.4) is 0 Å². The molecule has 0 bridgehead atoms. The number of hydrogen-bond donors (Lipinski definition) is 8. The van der Waals surface area contributed by atoms with Crippen LogP contribution in [0.25, 0.3) is 0 Å². The molecule has 0 aromatic carbocycles. The van der Waals surface area contributed by atoms with Crippen LogP contribution in [0.1, 0.15) is 100 Å². The Kier molecular flexibility index (Phi) is 20.7. The second-order valence-corrected chi connectivity index (χ2v) is 12.8. The third-order valence-corrected chi connectivity index (χ3v) is 8.45. The molecule has 5 amide bonds. The molecule has 0 spiro atoms. The monoisotopic (exact) mass is 655 g/mol. The van der Waals surface area contributed by atoms with E-state index < -0.39 is 72.3 Å². The van der Waals surface area contributed by atoms with E-state index in [9.17, 15) is 33.9 Å². The number of aliphatic carboxylic acids is 1. The number of carboxylic acids is 1. The van der Waals surface area contributed by atoms with Gasteiger partial charge in [0.25, 0.3) is 0 Å². The predicted octanol–water partition coefficient (Wildman–Crippen LogP) is 0.767. The van der Waals surface area contributed by atoms with Crippen molar-refractivity contribution >= 4 is 35.5 Å². The number of rotatable bonds is 23. The largest absolute Gasteiger partial charge is 0.480 e. The lowest BCUT2D eigenvalue weighted by atomic mass is 9.94. The average Bonchev–Trinajstić information content (AvgIpc) is 3.01. The average molecular weight is 656 g/mol. The highest BCUT2D eigenvalue weighted by atomic mass is 16.4. The smallest absolute Gasteiger partial charge is 0.326 e. The summed E-state index contributed by atoms with van der Waals surface area (Å²) in [5.41, 5.74) is 11.7. The summed E-state index contributed by atoms with van der Waals surface area (Å²) in [4.78, 5) is 77.2. The summed E-state index contributed by atoms with van der Waals surface area (Å²) in [6.45, 7) is 14.7. The number of carbonyl (C=O) groups excluding carboxylic acids is 5. The van der Waals surface area contributed by atoms with Crippen molar-refractivity contribution in [1.29, 1.82) is 0 Å². The molecule has 10 N–H and O–H groups in total. The summed E-state index contributed by atoms with van der Waals surface area (Å²) in [7, 11) is 0. The third kappa shape index (κ3) is 15.4. The van der Waals surface area contributed by atoms with Crippen molar-refractivity contribution in [3.05, 3.63) is 0 Å². The van der Waals surface area contributed by atoms with Crippen LogP contribution < -0.4 is 38.1 Å². The van der Waals surface area contributed by atoms with E-state index in [1.54, 1.807) is 13.8 Å². The minimum Gasteiger partial charge on any atom is -0.480 e. The van der Waals surface area contributed by atoms with Gasteiger partial charge >= 0.3 is 5.97 Å². The second-order valence-electron chi connectivity index (χ2n) is 12.8. The first-order valence-electron chi connectivity index (χ1n) is 16.7. The van der Waals surface area contributed by atoms with Crippen LogP contribution in [0.4, 0.5) is 0 Å².